The van der Waals surface area contributed by atoms with E-state index in [2.05, 4.69) is 4.98 Å². The number of amides is 1. The summed E-state index contributed by atoms with van der Waals surface area (Å²) in [5, 5.41) is 14.4. The van der Waals surface area contributed by atoms with Gasteiger partial charge in [-0.2, -0.15) is 0 Å². The van der Waals surface area contributed by atoms with Crippen molar-refractivity contribution in [2.24, 2.45) is 0 Å². The second-order valence-corrected chi connectivity index (χ2v) is 8.73. The van der Waals surface area contributed by atoms with Gasteiger partial charge in [0.05, 0.1) is 30.4 Å². The monoisotopic (exact) mass is 442 g/mol. The summed E-state index contributed by atoms with van der Waals surface area (Å²) < 4.78 is 5.41. The number of hydrogen-bond donors (Lipinski definition) is 1. The van der Waals surface area contributed by atoms with Gasteiger partial charge in [0.2, 0.25) is 5.91 Å². The van der Waals surface area contributed by atoms with Crippen LogP contribution in [-0.2, 0) is 16.8 Å². The molecule has 1 aliphatic rings. The molecule has 1 aromatic heterocycles. The third-order valence-corrected chi connectivity index (χ3v) is 6.72. The van der Waals surface area contributed by atoms with Gasteiger partial charge >= 0.3 is 0 Å². The predicted octanol–water partition coefficient (Wildman–Crippen LogP) is 4.52. The highest BCUT2D eigenvalue weighted by Gasteiger charge is 2.35. The maximum absolute atomic E-state index is 12.8. The van der Waals surface area contributed by atoms with Crippen molar-refractivity contribution in [3.05, 3.63) is 70.2 Å². The van der Waals surface area contributed by atoms with Crippen LogP contribution in [0.25, 0.3) is 10.6 Å². The highest BCUT2D eigenvalue weighted by molar-refractivity contribution is 7.13. The lowest BCUT2D eigenvalue weighted by atomic mass is 9.84. The van der Waals surface area contributed by atoms with Gasteiger partial charge in [0.25, 0.3) is 0 Å². The molecule has 0 radical (unpaired) electrons. The number of piperidine rings is 1. The summed E-state index contributed by atoms with van der Waals surface area (Å²) in [6.45, 7) is 1.03. The number of likely N-dealkylation sites (tertiary alicyclic amines) is 1. The zero-order valence-electron chi connectivity index (χ0n) is 16.7. The molecule has 1 fully saturated rings. The first-order valence-corrected chi connectivity index (χ1v) is 11.1. The van der Waals surface area contributed by atoms with Gasteiger partial charge in [0, 0.05) is 23.5 Å². The number of para-hydroxylation sites is 1. The van der Waals surface area contributed by atoms with E-state index >= 15 is 0 Å². The number of carbonyl (C=O) groups excluding carboxylic acids is 1. The molecule has 1 aliphatic heterocycles. The van der Waals surface area contributed by atoms with Crippen molar-refractivity contribution >= 4 is 28.8 Å². The summed E-state index contributed by atoms with van der Waals surface area (Å²) in [5.74, 6) is 0.798. The van der Waals surface area contributed by atoms with Crippen LogP contribution in [0.4, 0.5) is 0 Å². The van der Waals surface area contributed by atoms with Gasteiger partial charge in [-0.25, -0.2) is 4.98 Å². The van der Waals surface area contributed by atoms with Crippen LogP contribution in [-0.4, -0.2) is 41.1 Å². The largest absolute Gasteiger partial charge is 0.496 e. The molecule has 0 unspecified atom stereocenters. The fourth-order valence-electron chi connectivity index (χ4n) is 3.77. The van der Waals surface area contributed by atoms with Crippen LogP contribution in [0.15, 0.2) is 53.9 Å². The fraction of sp³-hybridized carbons (Fsp3) is 0.304. The minimum absolute atomic E-state index is 0.0324. The fourth-order valence-corrected chi connectivity index (χ4v) is 4.75. The Kier molecular flexibility index (Phi) is 6.09. The van der Waals surface area contributed by atoms with E-state index in [1.165, 1.54) is 11.3 Å². The Morgan fingerprint density at radius 2 is 1.90 bits per heavy atom. The summed E-state index contributed by atoms with van der Waals surface area (Å²) in [5.41, 5.74) is 1.61. The van der Waals surface area contributed by atoms with E-state index in [9.17, 15) is 9.90 Å². The van der Waals surface area contributed by atoms with Crippen LogP contribution in [0.2, 0.25) is 5.02 Å². The smallest absolute Gasteiger partial charge is 0.228 e. The highest BCUT2D eigenvalue weighted by atomic mass is 35.5. The summed E-state index contributed by atoms with van der Waals surface area (Å²) in [6, 6.07) is 15.0. The van der Waals surface area contributed by atoms with E-state index in [4.69, 9.17) is 16.3 Å². The van der Waals surface area contributed by atoms with Gasteiger partial charge in [-0.15, -0.1) is 11.3 Å². The van der Waals surface area contributed by atoms with Crippen molar-refractivity contribution in [2.75, 3.05) is 20.2 Å². The lowest BCUT2D eigenvalue weighted by Gasteiger charge is -2.38. The van der Waals surface area contributed by atoms with Gasteiger partial charge in [-0.05, 0) is 42.7 Å². The average molecular weight is 443 g/mol. The molecule has 1 saturated heterocycles. The van der Waals surface area contributed by atoms with Crippen molar-refractivity contribution in [3.8, 4) is 16.3 Å². The molecule has 0 saturated carbocycles. The SMILES string of the molecule is COc1ccccc1-c1nc(CC(=O)N2CCC(O)(c3ccc(Cl)cc3)CC2)cs1. The Morgan fingerprint density at radius 1 is 1.20 bits per heavy atom. The van der Waals surface area contributed by atoms with Gasteiger partial charge < -0.3 is 14.7 Å². The van der Waals surface area contributed by atoms with E-state index in [0.717, 1.165) is 27.6 Å². The van der Waals surface area contributed by atoms with E-state index in [1.807, 2.05) is 46.7 Å². The van der Waals surface area contributed by atoms with Crippen molar-refractivity contribution in [2.45, 2.75) is 24.9 Å². The Hall–Kier alpha value is -2.41. The zero-order chi connectivity index (χ0) is 21.1. The summed E-state index contributed by atoms with van der Waals surface area (Å²) >= 11 is 7.46. The van der Waals surface area contributed by atoms with Crippen molar-refractivity contribution < 1.29 is 14.6 Å². The van der Waals surface area contributed by atoms with Crippen LogP contribution < -0.4 is 4.74 Å². The molecular formula is C23H23ClN2O3S. The standard InChI is InChI=1S/C23H23ClN2O3S/c1-29-20-5-3-2-4-19(20)22-25-18(15-30-22)14-21(27)26-12-10-23(28,11-13-26)16-6-8-17(24)9-7-16/h2-9,15,28H,10-14H2,1H3. The normalized spacial score (nSPS) is 15.8. The number of carbonyl (C=O) groups is 1. The van der Waals surface area contributed by atoms with Crippen molar-refractivity contribution in [1.82, 2.24) is 9.88 Å². The van der Waals surface area contributed by atoms with Crippen molar-refractivity contribution in [3.63, 3.8) is 0 Å². The Balaban J connectivity index is 1.39. The molecule has 156 valence electrons. The third kappa shape index (κ3) is 4.36. The lowest BCUT2D eigenvalue weighted by Crippen LogP contribution is -2.45. The first-order valence-electron chi connectivity index (χ1n) is 9.82. The topological polar surface area (TPSA) is 62.7 Å². The number of aliphatic hydroxyl groups is 1. The minimum atomic E-state index is -0.918. The van der Waals surface area contributed by atoms with Gasteiger partial charge in [-0.1, -0.05) is 35.9 Å². The molecule has 0 bridgehead atoms. The maximum atomic E-state index is 12.8. The predicted molar refractivity (Wildman–Crippen MR) is 119 cm³/mol. The number of benzene rings is 2. The van der Waals surface area contributed by atoms with Gasteiger partial charge in [-0.3, -0.25) is 4.79 Å². The number of rotatable bonds is 5. The minimum Gasteiger partial charge on any atom is -0.496 e. The maximum Gasteiger partial charge on any atom is 0.228 e. The zero-order valence-corrected chi connectivity index (χ0v) is 18.2. The van der Waals surface area contributed by atoms with Gasteiger partial charge in [0.15, 0.2) is 0 Å². The van der Waals surface area contributed by atoms with Crippen LogP contribution >= 0.6 is 22.9 Å². The highest BCUT2D eigenvalue weighted by Crippen LogP contribution is 2.34. The second kappa shape index (κ2) is 8.76. The van der Waals surface area contributed by atoms with Crippen LogP contribution in [0.5, 0.6) is 5.75 Å². The molecule has 2 heterocycles. The Labute approximate surface area is 184 Å². The third-order valence-electron chi connectivity index (χ3n) is 5.55. The van der Waals surface area contributed by atoms with Crippen molar-refractivity contribution in [1.29, 1.82) is 0 Å². The van der Waals surface area contributed by atoms with E-state index in [0.29, 0.717) is 31.0 Å². The van der Waals surface area contributed by atoms with Gasteiger partial charge in [0.1, 0.15) is 10.8 Å². The molecule has 4 rings (SSSR count). The Bertz CT molecular complexity index is 1030. The van der Waals surface area contributed by atoms with E-state index in [1.54, 1.807) is 19.2 Å². The molecule has 1 N–H and O–H groups in total. The molecule has 5 nitrogen and oxygen atoms in total. The summed E-state index contributed by atoms with van der Waals surface area (Å²) in [6.07, 6.45) is 1.26. The molecule has 30 heavy (non-hydrogen) atoms. The summed E-state index contributed by atoms with van der Waals surface area (Å²) in [4.78, 5) is 19.2. The molecule has 3 aromatic rings. The lowest BCUT2D eigenvalue weighted by molar-refractivity contribution is -0.135. The number of ether oxygens (including phenoxy) is 1. The molecule has 7 heteroatoms. The molecule has 1 amide bonds. The van der Waals surface area contributed by atoms with E-state index in [-0.39, 0.29) is 12.3 Å². The molecule has 2 aromatic carbocycles. The number of hydrogen-bond acceptors (Lipinski definition) is 5. The quantitative estimate of drug-likeness (QED) is 0.630. The van der Waals surface area contributed by atoms with Crippen LogP contribution in [0.1, 0.15) is 24.1 Å². The number of methoxy groups -OCH3 is 1. The Morgan fingerprint density at radius 3 is 2.60 bits per heavy atom. The molecule has 0 spiro atoms. The van der Waals surface area contributed by atoms with E-state index < -0.39 is 5.60 Å². The average Bonchev–Trinajstić information content (AvgIpc) is 3.22. The number of thiazole rings is 1. The number of halogens is 1. The first kappa shape index (κ1) is 20.8. The second-order valence-electron chi connectivity index (χ2n) is 7.44. The molecular weight excluding hydrogens is 420 g/mol. The van der Waals surface area contributed by atoms with Crippen LogP contribution in [0.3, 0.4) is 0 Å². The van der Waals surface area contributed by atoms with Crippen LogP contribution in [0, 0.1) is 0 Å². The first-order chi connectivity index (χ1) is 14.5. The molecule has 0 aliphatic carbocycles. The number of nitrogens with zero attached hydrogens (tertiary/aromatic N) is 2. The number of aromatic nitrogens is 1. The molecule has 0 atom stereocenters. The summed E-state index contributed by atoms with van der Waals surface area (Å²) in [7, 11) is 1.64.